The number of amides is 1. The number of hydrogen-bond acceptors (Lipinski definition) is 4. The molecule has 7 heteroatoms. The largest absolute Gasteiger partial charge is 0.337 e. The predicted molar refractivity (Wildman–Crippen MR) is 102 cm³/mol. The van der Waals surface area contributed by atoms with Crippen LogP contribution >= 0.6 is 0 Å². The molecule has 0 aromatic carbocycles. The molecule has 27 heavy (non-hydrogen) atoms. The fourth-order valence-electron chi connectivity index (χ4n) is 4.04. The number of aryl methyl sites for hydroxylation is 1. The van der Waals surface area contributed by atoms with E-state index in [-0.39, 0.29) is 5.91 Å². The van der Waals surface area contributed by atoms with Crippen LogP contribution in [-0.4, -0.2) is 48.7 Å². The summed E-state index contributed by atoms with van der Waals surface area (Å²) in [5.41, 5.74) is 2.83. The number of carbonyl (C=O) groups is 1. The lowest BCUT2D eigenvalue weighted by Crippen LogP contribution is -2.41. The monoisotopic (exact) mass is 370 g/mol. The minimum absolute atomic E-state index is 0.0990. The van der Waals surface area contributed by atoms with E-state index in [1.54, 1.807) is 4.68 Å². The Labute approximate surface area is 160 Å². The second kappa shape index (κ2) is 7.44. The molecule has 1 unspecified atom stereocenters. The van der Waals surface area contributed by atoms with Crippen molar-refractivity contribution in [3.63, 3.8) is 0 Å². The van der Waals surface area contributed by atoms with E-state index in [0.717, 1.165) is 50.3 Å². The van der Waals surface area contributed by atoms with Gasteiger partial charge in [0.1, 0.15) is 5.69 Å². The highest BCUT2D eigenvalue weighted by Gasteiger charge is 2.29. The van der Waals surface area contributed by atoms with Crippen LogP contribution in [0.4, 0.5) is 0 Å². The fourth-order valence-corrected chi connectivity index (χ4v) is 4.04. The maximum atomic E-state index is 13.0. The molecule has 0 radical (unpaired) electrons. The lowest BCUT2D eigenvalue weighted by Gasteiger charge is -2.32. The summed E-state index contributed by atoms with van der Waals surface area (Å²) >= 11 is 0. The van der Waals surface area contributed by atoms with Crippen LogP contribution in [0.25, 0.3) is 0 Å². The highest BCUT2D eigenvalue weighted by molar-refractivity contribution is 5.92. The summed E-state index contributed by atoms with van der Waals surface area (Å²) in [4.78, 5) is 15.0. The molecule has 1 aliphatic heterocycles. The topological polar surface area (TPSA) is 68.8 Å². The van der Waals surface area contributed by atoms with Crippen LogP contribution in [0, 0.1) is 11.8 Å². The second-order valence-electron chi connectivity index (χ2n) is 8.64. The highest BCUT2D eigenvalue weighted by atomic mass is 16.2. The van der Waals surface area contributed by atoms with Crippen LogP contribution in [0.2, 0.25) is 0 Å². The van der Waals surface area contributed by atoms with Gasteiger partial charge in [-0.25, -0.2) is 0 Å². The highest BCUT2D eigenvalue weighted by Crippen LogP contribution is 2.38. The maximum absolute atomic E-state index is 13.0. The lowest BCUT2D eigenvalue weighted by molar-refractivity contribution is 0.0648. The van der Waals surface area contributed by atoms with Gasteiger partial charge < -0.3 is 4.90 Å². The molecule has 2 aromatic rings. The smallest absolute Gasteiger partial charge is 0.272 e. The first-order chi connectivity index (χ1) is 13.0. The van der Waals surface area contributed by atoms with E-state index in [2.05, 4.69) is 35.5 Å². The molecule has 1 saturated carbocycles. The summed E-state index contributed by atoms with van der Waals surface area (Å²) in [6, 6.07) is 1.96. The molecule has 1 saturated heterocycles. The maximum Gasteiger partial charge on any atom is 0.272 e. The Balaban J connectivity index is 1.39. The lowest BCUT2D eigenvalue weighted by atomic mass is 9.97. The zero-order valence-corrected chi connectivity index (χ0v) is 16.6. The predicted octanol–water partition coefficient (Wildman–Crippen LogP) is 2.64. The number of rotatable bonds is 6. The third-order valence-electron chi connectivity index (χ3n) is 5.57. The van der Waals surface area contributed by atoms with Crippen LogP contribution < -0.4 is 0 Å². The fraction of sp³-hybridized carbons (Fsp3) is 0.700. The zero-order valence-electron chi connectivity index (χ0n) is 16.6. The van der Waals surface area contributed by atoms with E-state index < -0.39 is 0 Å². The van der Waals surface area contributed by atoms with E-state index in [1.165, 1.54) is 12.8 Å². The first kappa shape index (κ1) is 18.2. The molecule has 0 bridgehead atoms. The van der Waals surface area contributed by atoms with Gasteiger partial charge >= 0.3 is 0 Å². The Kier molecular flexibility index (Phi) is 5.02. The average molecular weight is 371 g/mol. The molecule has 146 valence electrons. The SMILES string of the molecule is CC(C)Cc1cc(C(=O)N2CCCC(Cn3cc(C4CC4)nn3)C2)n(C)n1. The molecule has 0 spiro atoms. The second-order valence-corrected chi connectivity index (χ2v) is 8.64. The third kappa shape index (κ3) is 4.22. The van der Waals surface area contributed by atoms with Crippen molar-refractivity contribution in [3.05, 3.63) is 29.3 Å². The van der Waals surface area contributed by atoms with Gasteiger partial charge in [0.2, 0.25) is 0 Å². The standard InChI is InChI=1S/C20H30N6O/c1-14(2)9-17-10-19(24(3)22-17)20(27)25-8-4-5-15(11-25)12-26-13-18(21-23-26)16-6-7-16/h10,13-16H,4-9,11-12H2,1-3H3. The van der Waals surface area contributed by atoms with Gasteiger partial charge in [-0.3, -0.25) is 14.2 Å². The van der Waals surface area contributed by atoms with Crippen molar-refractivity contribution in [2.75, 3.05) is 13.1 Å². The minimum atomic E-state index is 0.0990. The van der Waals surface area contributed by atoms with Gasteiger partial charge in [-0.15, -0.1) is 5.10 Å². The molecular weight excluding hydrogens is 340 g/mol. The molecule has 3 heterocycles. The summed E-state index contributed by atoms with van der Waals surface area (Å²) < 4.78 is 3.71. The Morgan fingerprint density at radius 3 is 2.85 bits per heavy atom. The van der Waals surface area contributed by atoms with Gasteiger partial charge in [0.05, 0.1) is 11.4 Å². The summed E-state index contributed by atoms with van der Waals surface area (Å²) in [5.74, 6) is 1.69. The van der Waals surface area contributed by atoms with Crippen molar-refractivity contribution < 1.29 is 4.79 Å². The Morgan fingerprint density at radius 1 is 1.30 bits per heavy atom. The molecule has 2 fully saturated rings. The van der Waals surface area contributed by atoms with E-state index in [9.17, 15) is 4.79 Å². The zero-order chi connectivity index (χ0) is 19.0. The molecule has 7 nitrogen and oxygen atoms in total. The van der Waals surface area contributed by atoms with E-state index >= 15 is 0 Å². The third-order valence-corrected chi connectivity index (χ3v) is 5.57. The van der Waals surface area contributed by atoms with Crippen LogP contribution in [0.15, 0.2) is 12.3 Å². The number of nitrogens with zero attached hydrogens (tertiary/aromatic N) is 6. The van der Waals surface area contributed by atoms with Gasteiger partial charge in [-0.1, -0.05) is 19.1 Å². The Morgan fingerprint density at radius 2 is 2.11 bits per heavy atom. The van der Waals surface area contributed by atoms with Crippen molar-refractivity contribution in [2.24, 2.45) is 18.9 Å². The minimum Gasteiger partial charge on any atom is -0.337 e. The summed E-state index contributed by atoms with van der Waals surface area (Å²) in [6.45, 7) is 6.79. The van der Waals surface area contributed by atoms with Crippen molar-refractivity contribution in [2.45, 2.75) is 58.4 Å². The summed E-state index contributed by atoms with van der Waals surface area (Å²) in [7, 11) is 1.87. The van der Waals surface area contributed by atoms with Crippen molar-refractivity contribution in [3.8, 4) is 0 Å². The number of aromatic nitrogens is 5. The Hall–Kier alpha value is -2.18. The Bertz CT molecular complexity index is 803. The van der Waals surface area contributed by atoms with E-state index in [0.29, 0.717) is 23.4 Å². The molecule has 2 aromatic heterocycles. The quantitative estimate of drug-likeness (QED) is 0.784. The first-order valence-corrected chi connectivity index (χ1v) is 10.2. The van der Waals surface area contributed by atoms with Crippen LogP contribution in [0.5, 0.6) is 0 Å². The molecule has 2 aliphatic rings. The number of hydrogen-bond donors (Lipinski definition) is 0. The van der Waals surface area contributed by atoms with Gasteiger partial charge in [0, 0.05) is 38.8 Å². The molecular formula is C20H30N6O. The first-order valence-electron chi connectivity index (χ1n) is 10.2. The number of carbonyl (C=O) groups excluding carboxylic acids is 1. The summed E-state index contributed by atoms with van der Waals surface area (Å²) in [5, 5.41) is 13.1. The van der Waals surface area contributed by atoms with Gasteiger partial charge in [-0.2, -0.15) is 5.10 Å². The van der Waals surface area contributed by atoms with Gasteiger partial charge in [-0.05, 0) is 50.0 Å². The van der Waals surface area contributed by atoms with Crippen LogP contribution in [0.1, 0.15) is 67.3 Å². The van der Waals surface area contributed by atoms with Crippen molar-refractivity contribution in [1.29, 1.82) is 0 Å². The molecule has 1 atom stereocenters. The van der Waals surface area contributed by atoms with Crippen LogP contribution in [-0.2, 0) is 20.0 Å². The van der Waals surface area contributed by atoms with Crippen molar-refractivity contribution >= 4 is 5.91 Å². The van der Waals surface area contributed by atoms with E-state index in [1.807, 2.05) is 22.7 Å². The van der Waals surface area contributed by atoms with Crippen LogP contribution in [0.3, 0.4) is 0 Å². The van der Waals surface area contributed by atoms with Gasteiger partial charge in [0.25, 0.3) is 5.91 Å². The van der Waals surface area contributed by atoms with E-state index in [4.69, 9.17) is 0 Å². The molecule has 1 aliphatic carbocycles. The van der Waals surface area contributed by atoms with Crippen molar-refractivity contribution in [1.82, 2.24) is 29.7 Å². The molecule has 4 rings (SSSR count). The summed E-state index contributed by atoms with van der Waals surface area (Å²) in [6.07, 6.45) is 7.66. The normalized spacial score (nSPS) is 20.4. The van der Waals surface area contributed by atoms with Gasteiger partial charge in [0.15, 0.2) is 0 Å². The molecule has 0 N–H and O–H groups in total. The molecule has 1 amide bonds. The number of piperidine rings is 1. The number of likely N-dealkylation sites (tertiary alicyclic amines) is 1. The average Bonchev–Trinajstić information content (AvgIpc) is 3.28.